The van der Waals surface area contributed by atoms with Crippen LogP contribution in [-0.2, 0) is 30.2 Å². The first-order chi connectivity index (χ1) is 23.9. The van der Waals surface area contributed by atoms with Gasteiger partial charge in [-0.3, -0.25) is 35.1 Å². The lowest BCUT2D eigenvalue weighted by molar-refractivity contribution is -0.393. The molecule has 3 aromatic carbocycles. The number of hydrogen-bond acceptors (Lipinski definition) is 15. The average molecular weight is 697 g/mol. The first kappa shape index (κ1) is 37.1. The summed E-state index contributed by atoms with van der Waals surface area (Å²) in [6.07, 6.45) is 0. The zero-order valence-corrected chi connectivity index (χ0v) is 27.0. The van der Waals surface area contributed by atoms with E-state index in [1.54, 1.807) is 12.1 Å². The second-order valence-electron chi connectivity index (χ2n) is 10.9. The van der Waals surface area contributed by atoms with Crippen molar-refractivity contribution in [1.29, 1.82) is 0 Å². The van der Waals surface area contributed by atoms with Crippen LogP contribution >= 0.6 is 0 Å². The molecule has 0 heterocycles. The van der Waals surface area contributed by atoms with Crippen LogP contribution in [0, 0.1) is 30.3 Å². The molecule has 3 aromatic rings. The van der Waals surface area contributed by atoms with E-state index in [1.165, 1.54) is 0 Å². The van der Waals surface area contributed by atoms with Gasteiger partial charge in [0.2, 0.25) is 0 Å². The normalized spacial score (nSPS) is 11.6. The van der Waals surface area contributed by atoms with Crippen molar-refractivity contribution in [2.75, 3.05) is 67.0 Å². The molecule has 50 heavy (non-hydrogen) atoms. The van der Waals surface area contributed by atoms with Crippen molar-refractivity contribution in [2.24, 2.45) is 0 Å². The summed E-state index contributed by atoms with van der Waals surface area (Å²) < 4.78 is 26.5. The Morgan fingerprint density at radius 3 is 1.62 bits per heavy atom. The van der Waals surface area contributed by atoms with E-state index in [-0.39, 0.29) is 64.0 Å². The molecule has 0 saturated carbocycles. The van der Waals surface area contributed by atoms with Gasteiger partial charge in [-0.15, -0.1) is 0 Å². The number of hydrogen-bond donors (Lipinski definition) is 0. The Hall–Kier alpha value is -5.69. The van der Waals surface area contributed by atoms with Crippen LogP contribution in [0.2, 0.25) is 0 Å². The molecular weight excluding hydrogens is 664 g/mol. The van der Waals surface area contributed by atoms with Crippen molar-refractivity contribution in [1.82, 2.24) is 4.90 Å². The minimum absolute atomic E-state index is 0.0709. The van der Waals surface area contributed by atoms with E-state index in [0.29, 0.717) is 11.6 Å². The van der Waals surface area contributed by atoms with Gasteiger partial charge in [0, 0.05) is 41.4 Å². The Morgan fingerprint density at radius 1 is 0.640 bits per heavy atom. The van der Waals surface area contributed by atoms with E-state index in [9.17, 15) is 44.7 Å². The summed E-state index contributed by atoms with van der Waals surface area (Å²) in [4.78, 5) is 72.2. The molecule has 0 saturated heterocycles. The first-order valence-electron chi connectivity index (χ1n) is 15.0. The van der Waals surface area contributed by atoms with Crippen LogP contribution in [0.15, 0.2) is 48.5 Å². The highest BCUT2D eigenvalue weighted by Crippen LogP contribution is 2.47. The van der Waals surface area contributed by atoms with Crippen LogP contribution < -0.4 is 0 Å². The van der Waals surface area contributed by atoms with Crippen LogP contribution in [0.1, 0.15) is 42.2 Å². The van der Waals surface area contributed by atoms with Crippen molar-refractivity contribution in [3.8, 4) is 11.1 Å². The van der Waals surface area contributed by atoms with Crippen LogP contribution in [0.4, 0.5) is 17.1 Å². The SMILES string of the molecule is CN(C)Cc1ccc(C(=O)OCCOCCOCCOCCOC(=O)c2cc([N+](=O)[O-])cc3c2-c2c(cc([N+](=O)[O-])cc2[N+](=O)[O-])C3=O)cc1. The number of carbonyl (C=O) groups excluding carboxylic acids is 3. The molecule has 1 aliphatic rings. The number of ether oxygens (including phenoxy) is 5. The third kappa shape index (κ3) is 9.26. The average Bonchev–Trinajstić information content (AvgIpc) is 3.36. The van der Waals surface area contributed by atoms with Gasteiger partial charge in [0.1, 0.15) is 13.2 Å². The first-order valence-corrected chi connectivity index (χ1v) is 15.0. The van der Waals surface area contributed by atoms with Crippen molar-refractivity contribution in [2.45, 2.75) is 6.54 Å². The molecule has 0 bridgehead atoms. The molecule has 0 atom stereocenters. The van der Waals surface area contributed by atoms with E-state index in [0.717, 1.165) is 30.3 Å². The zero-order chi connectivity index (χ0) is 36.4. The lowest BCUT2D eigenvalue weighted by atomic mass is 9.97. The van der Waals surface area contributed by atoms with Crippen LogP contribution in [-0.4, -0.2) is 104 Å². The van der Waals surface area contributed by atoms with Crippen LogP contribution in [0.25, 0.3) is 11.1 Å². The van der Waals surface area contributed by atoms with Crippen molar-refractivity contribution in [3.05, 3.63) is 107 Å². The summed E-state index contributed by atoms with van der Waals surface area (Å²) in [6.45, 7) is 1.33. The Kier molecular flexibility index (Phi) is 12.7. The number of nitro benzene ring substituents is 3. The van der Waals surface area contributed by atoms with E-state index >= 15 is 0 Å². The molecule has 0 radical (unpaired) electrons. The summed E-state index contributed by atoms with van der Waals surface area (Å²) in [5.74, 6) is -2.52. The summed E-state index contributed by atoms with van der Waals surface area (Å²) in [7, 11) is 3.91. The Labute approximate surface area is 283 Å². The number of benzene rings is 3. The molecule has 0 unspecified atom stereocenters. The van der Waals surface area contributed by atoms with E-state index in [2.05, 4.69) is 0 Å². The molecule has 0 fully saturated rings. The molecule has 4 rings (SSSR count). The monoisotopic (exact) mass is 696 g/mol. The fourth-order valence-corrected chi connectivity index (χ4v) is 4.99. The number of nitro groups is 3. The van der Waals surface area contributed by atoms with Gasteiger partial charge in [0.25, 0.3) is 17.1 Å². The molecule has 0 aromatic heterocycles. The Morgan fingerprint density at radius 2 is 1.12 bits per heavy atom. The molecule has 0 aliphatic heterocycles. The molecule has 18 nitrogen and oxygen atoms in total. The van der Waals surface area contributed by atoms with Gasteiger partial charge in [-0.25, -0.2) is 9.59 Å². The van der Waals surface area contributed by atoms with Crippen LogP contribution in [0.3, 0.4) is 0 Å². The topological polar surface area (TPSA) is 230 Å². The van der Waals surface area contributed by atoms with E-state index < -0.39 is 66.2 Å². The zero-order valence-electron chi connectivity index (χ0n) is 27.0. The van der Waals surface area contributed by atoms with E-state index in [1.807, 2.05) is 31.1 Å². The number of esters is 2. The lowest BCUT2D eigenvalue weighted by Gasteiger charge is -2.11. The van der Waals surface area contributed by atoms with Crippen molar-refractivity contribution in [3.63, 3.8) is 0 Å². The summed E-state index contributed by atoms with van der Waals surface area (Å²) in [5, 5.41) is 34.7. The van der Waals surface area contributed by atoms with Gasteiger partial charge < -0.3 is 28.6 Å². The molecule has 0 amide bonds. The maximum absolute atomic E-state index is 13.1. The standard InChI is InChI=1S/C32H32N4O14/c1-33(2)19-20-3-5-21(6-4-20)31(38)49-13-11-47-9-7-46-8-10-48-12-14-50-32(39)26-17-22(34(40)41)15-24-28(26)29-25(30(24)37)16-23(35(42)43)18-27(29)36(44)45/h3-6,15-18H,7-14,19H2,1-2H3. The molecule has 264 valence electrons. The summed E-state index contributed by atoms with van der Waals surface area (Å²) in [5.41, 5.74) is -2.69. The quantitative estimate of drug-likeness (QED) is 0.0588. The minimum Gasteiger partial charge on any atom is -0.460 e. The second-order valence-corrected chi connectivity index (χ2v) is 10.9. The maximum atomic E-state index is 13.1. The van der Waals surface area contributed by atoms with Gasteiger partial charge >= 0.3 is 11.9 Å². The van der Waals surface area contributed by atoms with Gasteiger partial charge in [-0.2, -0.15) is 0 Å². The summed E-state index contributed by atoms with van der Waals surface area (Å²) >= 11 is 0. The molecule has 1 aliphatic carbocycles. The largest absolute Gasteiger partial charge is 0.460 e. The fourth-order valence-electron chi connectivity index (χ4n) is 4.99. The smallest absolute Gasteiger partial charge is 0.339 e. The van der Waals surface area contributed by atoms with Gasteiger partial charge in [0.15, 0.2) is 5.78 Å². The molecule has 0 spiro atoms. The highest BCUT2D eigenvalue weighted by Gasteiger charge is 2.40. The highest BCUT2D eigenvalue weighted by atomic mass is 16.6. The number of rotatable bonds is 19. The van der Waals surface area contributed by atoms with Gasteiger partial charge in [-0.05, 0) is 31.8 Å². The lowest BCUT2D eigenvalue weighted by Crippen LogP contribution is -2.16. The maximum Gasteiger partial charge on any atom is 0.339 e. The second kappa shape index (κ2) is 17.1. The number of non-ortho nitro benzene ring substituents is 2. The number of carbonyl (C=O) groups is 3. The van der Waals surface area contributed by atoms with Gasteiger partial charge in [-0.1, -0.05) is 12.1 Å². The molecule has 0 N–H and O–H groups in total. The number of ketones is 1. The third-order valence-corrected chi connectivity index (χ3v) is 7.16. The Balaban J connectivity index is 1.18. The molecular formula is C32H32N4O14. The van der Waals surface area contributed by atoms with Gasteiger partial charge in [0.05, 0.1) is 77.2 Å². The third-order valence-electron chi connectivity index (χ3n) is 7.16. The molecule has 18 heteroatoms. The number of fused-ring (bicyclic) bond motifs is 3. The van der Waals surface area contributed by atoms with Crippen molar-refractivity contribution < 1.29 is 52.8 Å². The summed E-state index contributed by atoms with van der Waals surface area (Å²) in [6, 6.07) is 10.3. The predicted octanol–water partition coefficient (Wildman–Crippen LogP) is 3.75. The van der Waals surface area contributed by atoms with Crippen molar-refractivity contribution >= 4 is 34.8 Å². The fraction of sp³-hybridized carbons (Fsp3) is 0.344. The number of nitrogens with zero attached hydrogens (tertiary/aromatic N) is 4. The van der Waals surface area contributed by atoms with Crippen LogP contribution in [0.5, 0.6) is 0 Å². The highest BCUT2D eigenvalue weighted by molar-refractivity contribution is 6.26. The minimum atomic E-state index is -1.13. The Bertz CT molecular complexity index is 1790. The van der Waals surface area contributed by atoms with E-state index in [4.69, 9.17) is 23.7 Å². The predicted molar refractivity (Wildman–Crippen MR) is 172 cm³/mol.